The highest BCUT2D eigenvalue weighted by Crippen LogP contribution is 2.33. The summed E-state index contributed by atoms with van der Waals surface area (Å²) in [6.45, 7) is 3.30. The molecule has 24 heavy (non-hydrogen) atoms. The number of carbonyl (C=O) groups excluding carboxylic acids is 1. The van der Waals surface area contributed by atoms with E-state index in [9.17, 15) is 4.79 Å². The molecule has 3 aromatic rings. The molecule has 0 amide bonds. The summed E-state index contributed by atoms with van der Waals surface area (Å²) in [6.07, 6.45) is 2.56. The summed E-state index contributed by atoms with van der Waals surface area (Å²) in [4.78, 5) is 18.0. The fourth-order valence-corrected chi connectivity index (χ4v) is 3.24. The maximum atomic E-state index is 11.3. The van der Waals surface area contributed by atoms with Gasteiger partial charge in [0.2, 0.25) is 0 Å². The van der Waals surface area contributed by atoms with Crippen LogP contribution in [0.4, 0.5) is 5.69 Å². The lowest BCUT2D eigenvalue weighted by molar-refractivity contribution is 0.112. The molecule has 0 spiro atoms. The van der Waals surface area contributed by atoms with Gasteiger partial charge in [-0.3, -0.25) is 9.78 Å². The van der Waals surface area contributed by atoms with Crippen molar-refractivity contribution in [1.82, 2.24) is 4.98 Å². The third-order valence-corrected chi connectivity index (χ3v) is 4.47. The molecular formula is C20H18N2O2. The quantitative estimate of drug-likeness (QED) is 0.693. The number of anilines is 1. The molecule has 1 fully saturated rings. The number of fused-ring (bicyclic) bond motifs is 1. The number of aromatic nitrogens is 1. The van der Waals surface area contributed by atoms with E-state index in [0.29, 0.717) is 5.56 Å². The first-order chi connectivity index (χ1) is 11.9. The van der Waals surface area contributed by atoms with Crippen LogP contribution >= 0.6 is 0 Å². The number of rotatable bonds is 3. The van der Waals surface area contributed by atoms with Gasteiger partial charge in [0.05, 0.1) is 18.7 Å². The summed E-state index contributed by atoms with van der Waals surface area (Å²) in [5.74, 6) is 0. The number of benzene rings is 2. The third-order valence-electron chi connectivity index (χ3n) is 4.47. The van der Waals surface area contributed by atoms with Crippen molar-refractivity contribution < 1.29 is 9.53 Å². The van der Waals surface area contributed by atoms with Gasteiger partial charge in [0.25, 0.3) is 0 Å². The zero-order chi connectivity index (χ0) is 16.4. The van der Waals surface area contributed by atoms with Crippen LogP contribution in [0, 0.1) is 0 Å². The lowest BCUT2D eigenvalue weighted by atomic mass is 9.99. The third kappa shape index (κ3) is 2.65. The Hall–Kier alpha value is -2.72. The molecule has 0 saturated carbocycles. The lowest BCUT2D eigenvalue weighted by Gasteiger charge is -2.30. The molecule has 2 heterocycles. The Balaban J connectivity index is 1.84. The van der Waals surface area contributed by atoms with Gasteiger partial charge in [0.1, 0.15) is 0 Å². The number of aldehydes is 1. The predicted molar refractivity (Wildman–Crippen MR) is 95.6 cm³/mol. The van der Waals surface area contributed by atoms with E-state index < -0.39 is 0 Å². The van der Waals surface area contributed by atoms with Crippen molar-refractivity contribution in [2.24, 2.45) is 0 Å². The molecule has 4 rings (SSSR count). The van der Waals surface area contributed by atoms with E-state index in [0.717, 1.165) is 49.1 Å². The molecule has 120 valence electrons. The first-order valence-corrected chi connectivity index (χ1v) is 8.13. The smallest absolute Gasteiger partial charge is 0.150 e. The van der Waals surface area contributed by atoms with Crippen molar-refractivity contribution >= 4 is 22.9 Å². The molecule has 1 aromatic heterocycles. The molecule has 1 aliphatic rings. The minimum atomic E-state index is 0.672. The lowest BCUT2D eigenvalue weighted by Crippen LogP contribution is -2.36. The van der Waals surface area contributed by atoms with Gasteiger partial charge >= 0.3 is 0 Å². The predicted octanol–water partition coefficient (Wildman–Crippen LogP) is 3.55. The second-order valence-corrected chi connectivity index (χ2v) is 5.87. The van der Waals surface area contributed by atoms with E-state index in [2.05, 4.69) is 40.2 Å². The fraction of sp³-hybridized carbons (Fsp3) is 0.200. The number of para-hydroxylation sites is 1. The Kier molecular flexibility index (Phi) is 3.97. The summed E-state index contributed by atoms with van der Waals surface area (Å²) in [6, 6.07) is 16.3. The van der Waals surface area contributed by atoms with Gasteiger partial charge in [0.15, 0.2) is 6.29 Å². The van der Waals surface area contributed by atoms with E-state index in [4.69, 9.17) is 4.74 Å². The largest absolute Gasteiger partial charge is 0.378 e. The van der Waals surface area contributed by atoms with E-state index in [-0.39, 0.29) is 0 Å². The first kappa shape index (κ1) is 14.8. The van der Waals surface area contributed by atoms with Crippen molar-refractivity contribution in [1.29, 1.82) is 0 Å². The van der Waals surface area contributed by atoms with Gasteiger partial charge in [-0.15, -0.1) is 0 Å². The van der Waals surface area contributed by atoms with Crippen LogP contribution < -0.4 is 4.90 Å². The van der Waals surface area contributed by atoms with E-state index in [1.165, 1.54) is 11.3 Å². The number of nitrogens with zero attached hydrogens (tertiary/aromatic N) is 2. The minimum absolute atomic E-state index is 0.672. The summed E-state index contributed by atoms with van der Waals surface area (Å²) in [7, 11) is 0. The Bertz CT molecular complexity index is 886. The summed E-state index contributed by atoms with van der Waals surface area (Å²) in [5.41, 5.74) is 4.98. The highest BCUT2D eigenvalue weighted by atomic mass is 16.5. The molecule has 1 aliphatic heterocycles. The monoisotopic (exact) mass is 318 g/mol. The SMILES string of the molecule is O=Cc1ccnc2ccc(-c3ccccc3N3CCOCC3)cc12. The van der Waals surface area contributed by atoms with E-state index >= 15 is 0 Å². The highest BCUT2D eigenvalue weighted by Gasteiger charge is 2.15. The second-order valence-electron chi connectivity index (χ2n) is 5.87. The maximum Gasteiger partial charge on any atom is 0.150 e. The summed E-state index contributed by atoms with van der Waals surface area (Å²) in [5, 5.41) is 0.891. The molecule has 2 aromatic carbocycles. The number of hydrogen-bond donors (Lipinski definition) is 0. The Morgan fingerprint density at radius 3 is 2.71 bits per heavy atom. The molecule has 0 radical (unpaired) electrons. The number of hydrogen-bond acceptors (Lipinski definition) is 4. The molecule has 0 unspecified atom stereocenters. The van der Waals surface area contributed by atoms with Gasteiger partial charge in [-0.25, -0.2) is 0 Å². The van der Waals surface area contributed by atoms with Gasteiger partial charge in [0, 0.05) is 41.5 Å². The molecular weight excluding hydrogens is 300 g/mol. The van der Waals surface area contributed by atoms with Crippen molar-refractivity contribution in [2.45, 2.75) is 0 Å². The second kappa shape index (κ2) is 6.42. The van der Waals surface area contributed by atoms with Crippen LogP contribution in [-0.2, 0) is 4.74 Å². The van der Waals surface area contributed by atoms with Crippen LogP contribution in [0.5, 0.6) is 0 Å². The molecule has 0 aliphatic carbocycles. The van der Waals surface area contributed by atoms with Gasteiger partial charge in [-0.05, 0) is 29.8 Å². The van der Waals surface area contributed by atoms with Gasteiger partial charge in [-0.1, -0.05) is 24.3 Å². The average molecular weight is 318 g/mol. The minimum Gasteiger partial charge on any atom is -0.378 e. The molecule has 1 saturated heterocycles. The maximum absolute atomic E-state index is 11.3. The van der Waals surface area contributed by atoms with Gasteiger partial charge in [-0.2, -0.15) is 0 Å². The molecule has 0 atom stereocenters. The van der Waals surface area contributed by atoms with Crippen molar-refractivity contribution in [3.8, 4) is 11.1 Å². The summed E-state index contributed by atoms with van der Waals surface area (Å²) >= 11 is 0. The topological polar surface area (TPSA) is 42.4 Å². The molecule has 4 nitrogen and oxygen atoms in total. The molecule has 4 heteroatoms. The Morgan fingerprint density at radius 2 is 1.88 bits per heavy atom. The fourth-order valence-electron chi connectivity index (χ4n) is 3.24. The number of pyridine rings is 1. The average Bonchev–Trinajstić information content (AvgIpc) is 2.68. The van der Waals surface area contributed by atoms with Crippen LogP contribution in [0.15, 0.2) is 54.7 Å². The van der Waals surface area contributed by atoms with Crippen LogP contribution in [0.2, 0.25) is 0 Å². The van der Waals surface area contributed by atoms with Crippen molar-refractivity contribution in [2.75, 3.05) is 31.2 Å². The van der Waals surface area contributed by atoms with Crippen LogP contribution in [0.3, 0.4) is 0 Å². The zero-order valence-corrected chi connectivity index (χ0v) is 13.3. The number of morpholine rings is 1. The Morgan fingerprint density at radius 1 is 1.04 bits per heavy atom. The van der Waals surface area contributed by atoms with Gasteiger partial charge < -0.3 is 9.64 Å². The van der Waals surface area contributed by atoms with Crippen molar-refractivity contribution in [3.63, 3.8) is 0 Å². The molecule has 0 bridgehead atoms. The summed E-state index contributed by atoms with van der Waals surface area (Å²) < 4.78 is 5.47. The molecule has 0 N–H and O–H groups in total. The highest BCUT2D eigenvalue weighted by molar-refractivity contribution is 5.98. The normalized spacial score (nSPS) is 14.8. The first-order valence-electron chi connectivity index (χ1n) is 8.13. The number of ether oxygens (including phenoxy) is 1. The zero-order valence-electron chi connectivity index (χ0n) is 13.3. The van der Waals surface area contributed by atoms with E-state index in [1.54, 1.807) is 12.3 Å². The number of carbonyl (C=O) groups is 1. The van der Waals surface area contributed by atoms with Crippen LogP contribution in [0.25, 0.3) is 22.0 Å². The Labute approximate surface area is 140 Å². The van der Waals surface area contributed by atoms with Crippen molar-refractivity contribution in [3.05, 3.63) is 60.3 Å². The van der Waals surface area contributed by atoms with Crippen LogP contribution in [0.1, 0.15) is 10.4 Å². The standard InChI is InChI=1S/C20H18N2O2/c23-14-16-7-8-21-19-6-5-15(13-18(16)19)17-3-1-2-4-20(17)22-9-11-24-12-10-22/h1-8,13-14H,9-12H2. The van der Waals surface area contributed by atoms with E-state index in [1.807, 2.05) is 12.1 Å². The van der Waals surface area contributed by atoms with Crippen LogP contribution in [-0.4, -0.2) is 37.6 Å².